The highest BCUT2D eigenvalue weighted by atomic mass is 32.2. The van der Waals surface area contributed by atoms with E-state index >= 15 is 0 Å². The van der Waals surface area contributed by atoms with E-state index in [1.807, 2.05) is 62.7 Å². The molecule has 0 saturated heterocycles. The fourth-order valence-corrected chi connectivity index (χ4v) is 3.83. The summed E-state index contributed by atoms with van der Waals surface area (Å²) in [5.41, 5.74) is 1.94. The summed E-state index contributed by atoms with van der Waals surface area (Å²) in [6.07, 6.45) is 0. The van der Waals surface area contributed by atoms with Gasteiger partial charge in [0.15, 0.2) is 16.1 Å². The Labute approximate surface area is 154 Å². The molecule has 1 aromatic carbocycles. The van der Waals surface area contributed by atoms with E-state index in [4.69, 9.17) is 0 Å². The number of hydrogen-bond acceptors (Lipinski definition) is 6. The van der Waals surface area contributed by atoms with Gasteiger partial charge >= 0.3 is 0 Å². The van der Waals surface area contributed by atoms with Crippen molar-refractivity contribution < 1.29 is 4.79 Å². The number of thiazole rings is 1. The van der Waals surface area contributed by atoms with Gasteiger partial charge in [0.2, 0.25) is 5.91 Å². The molecule has 0 aliphatic heterocycles. The third kappa shape index (κ3) is 3.91. The van der Waals surface area contributed by atoms with Crippen LogP contribution >= 0.6 is 23.1 Å². The van der Waals surface area contributed by atoms with E-state index in [9.17, 15) is 4.79 Å². The Bertz CT molecular complexity index is 868. The van der Waals surface area contributed by atoms with Crippen molar-refractivity contribution in [2.24, 2.45) is 7.05 Å². The van der Waals surface area contributed by atoms with Gasteiger partial charge in [0, 0.05) is 17.5 Å². The van der Waals surface area contributed by atoms with Gasteiger partial charge < -0.3 is 9.88 Å². The van der Waals surface area contributed by atoms with Crippen molar-refractivity contribution in [1.29, 1.82) is 0 Å². The molecule has 130 valence electrons. The van der Waals surface area contributed by atoms with Gasteiger partial charge in [-0.2, -0.15) is 0 Å². The minimum atomic E-state index is -0.309. The maximum Gasteiger partial charge on any atom is 0.239 e. The van der Waals surface area contributed by atoms with Gasteiger partial charge in [-0.1, -0.05) is 42.1 Å². The van der Waals surface area contributed by atoms with Crippen molar-refractivity contribution in [2.75, 3.05) is 5.32 Å². The third-order valence-electron chi connectivity index (χ3n) is 3.78. The minimum absolute atomic E-state index is 0.0944. The molecule has 0 bridgehead atoms. The van der Waals surface area contributed by atoms with Crippen LogP contribution in [0, 0.1) is 13.8 Å². The number of anilines is 1. The molecule has 0 aliphatic carbocycles. The number of amides is 1. The Balaban J connectivity index is 1.69. The summed E-state index contributed by atoms with van der Waals surface area (Å²) >= 11 is 2.86. The normalized spacial score (nSPS) is 12.2. The van der Waals surface area contributed by atoms with E-state index in [0.29, 0.717) is 10.3 Å². The maximum absolute atomic E-state index is 12.4. The standard InChI is InChI=1S/C17H19N5OS2/c1-10-11(2)24-16(18-10)19-15(23)12(3)25-17-21-20-14(22(17)4)13-8-6-5-7-9-13/h5-9,12H,1-4H3,(H,18,19,23)/t12-/m1/s1. The molecular weight excluding hydrogens is 354 g/mol. The van der Waals surface area contributed by atoms with Gasteiger partial charge in [-0.15, -0.1) is 21.5 Å². The highest BCUT2D eigenvalue weighted by Crippen LogP contribution is 2.27. The summed E-state index contributed by atoms with van der Waals surface area (Å²) in [6, 6.07) is 9.86. The fourth-order valence-electron chi connectivity index (χ4n) is 2.20. The number of carbonyl (C=O) groups is 1. The molecule has 6 nitrogen and oxygen atoms in total. The second-order valence-corrected chi connectivity index (χ2v) is 8.15. The van der Waals surface area contributed by atoms with Crippen molar-refractivity contribution >= 4 is 34.1 Å². The van der Waals surface area contributed by atoms with Crippen LogP contribution in [0.5, 0.6) is 0 Å². The SMILES string of the molecule is Cc1nc(NC(=O)[C@@H](C)Sc2nnc(-c3ccccc3)n2C)sc1C. The van der Waals surface area contributed by atoms with Gasteiger partial charge in [-0.25, -0.2) is 4.98 Å². The van der Waals surface area contributed by atoms with E-state index in [0.717, 1.165) is 22.0 Å². The van der Waals surface area contributed by atoms with Gasteiger partial charge in [0.05, 0.1) is 10.9 Å². The van der Waals surface area contributed by atoms with Crippen LogP contribution in [0.1, 0.15) is 17.5 Å². The quantitative estimate of drug-likeness (QED) is 0.691. The van der Waals surface area contributed by atoms with Gasteiger partial charge in [0.1, 0.15) is 0 Å². The smallest absolute Gasteiger partial charge is 0.239 e. The third-order valence-corrected chi connectivity index (χ3v) is 5.90. The molecule has 0 unspecified atom stereocenters. The first-order valence-electron chi connectivity index (χ1n) is 7.82. The first kappa shape index (κ1) is 17.6. The second-order valence-electron chi connectivity index (χ2n) is 5.64. The zero-order chi connectivity index (χ0) is 18.0. The molecule has 2 aromatic heterocycles. The van der Waals surface area contributed by atoms with Crippen LogP contribution in [0.4, 0.5) is 5.13 Å². The number of carbonyl (C=O) groups excluding carboxylic acids is 1. The Morgan fingerprint density at radius 3 is 2.60 bits per heavy atom. The van der Waals surface area contributed by atoms with Crippen LogP contribution in [-0.4, -0.2) is 30.9 Å². The van der Waals surface area contributed by atoms with E-state index in [2.05, 4.69) is 20.5 Å². The predicted molar refractivity (Wildman–Crippen MR) is 102 cm³/mol. The largest absolute Gasteiger partial charge is 0.305 e. The first-order chi connectivity index (χ1) is 12.0. The minimum Gasteiger partial charge on any atom is -0.305 e. The first-order valence-corrected chi connectivity index (χ1v) is 9.51. The van der Waals surface area contributed by atoms with E-state index in [-0.39, 0.29) is 11.2 Å². The number of thioether (sulfide) groups is 1. The number of nitrogens with zero attached hydrogens (tertiary/aromatic N) is 4. The molecule has 3 aromatic rings. The highest BCUT2D eigenvalue weighted by Gasteiger charge is 2.20. The van der Waals surface area contributed by atoms with Gasteiger partial charge in [0.25, 0.3) is 0 Å². The summed E-state index contributed by atoms with van der Waals surface area (Å²) in [7, 11) is 1.91. The lowest BCUT2D eigenvalue weighted by molar-refractivity contribution is -0.115. The van der Waals surface area contributed by atoms with Crippen LogP contribution in [0.2, 0.25) is 0 Å². The van der Waals surface area contributed by atoms with E-state index in [1.54, 1.807) is 0 Å². The molecule has 0 spiro atoms. The topological polar surface area (TPSA) is 72.7 Å². The molecule has 1 atom stereocenters. The summed E-state index contributed by atoms with van der Waals surface area (Å²) in [5.74, 6) is 0.685. The fraction of sp³-hybridized carbons (Fsp3) is 0.294. The molecule has 2 heterocycles. The molecule has 3 rings (SSSR count). The molecule has 25 heavy (non-hydrogen) atoms. The number of hydrogen-bond donors (Lipinski definition) is 1. The zero-order valence-electron chi connectivity index (χ0n) is 14.5. The molecule has 1 amide bonds. The van der Waals surface area contributed by atoms with Crippen LogP contribution in [0.15, 0.2) is 35.5 Å². The highest BCUT2D eigenvalue weighted by molar-refractivity contribution is 8.00. The zero-order valence-corrected chi connectivity index (χ0v) is 16.1. The van der Waals surface area contributed by atoms with Crippen molar-refractivity contribution in [3.8, 4) is 11.4 Å². The summed E-state index contributed by atoms with van der Waals surface area (Å²) in [4.78, 5) is 17.9. The number of nitrogens with one attached hydrogen (secondary N) is 1. The monoisotopic (exact) mass is 373 g/mol. The van der Waals surface area contributed by atoms with E-state index < -0.39 is 0 Å². The number of benzene rings is 1. The van der Waals surface area contributed by atoms with E-state index in [1.165, 1.54) is 23.1 Å². The molecule has 8 heteroatoms. The average molecular weight is 374 g/mol. The lowest BCUT2D eigenvalue weighted by Gasteiger charge is -2.10. The Morgan fingerprint density at radius 1 is 1.24 bits per heavy atom. The molecule has 0 radical (unpaired) electrons. The van der Waals surface area contributed by atoms with Gasteiger partial charge in [-0.05, 0) is 20.8 Å². The van der Waals surface area contributed by atoms with Gasteiger partial charge in [-0.3, -0.25) is 4.79 Å². The molecular formula is C17H19N5OS2. The van der Waals surface area contributed by atoms with Crippen LogP contribution in [-0.2, 0) is 11.8 Å². The molecule has 0 aliphatic rings. The molecule has 0 saturated carbocycles. The lowest BCUT2D eigenvalue weighted by Crippen LogP contribution is -2.22. The average Bonchev–Trinajstić information content (AvgIpc) is 3.11. The molecule has 0 fully saturated rings. The second kappa shape index (κ2) is 7.37. The number of aromatic nitrogens is 4. The predicted octanol–water partition coefficient (Wildman–Crippen LogP) is 3.67. The summed E-state index contributed by atoms with van der Waals surface area (Å²) in [6.45, 7) is 5.78. The van der Waals surface area contributed by atoms with Crippen LogP contribution in [0.25, 0.3) is 11.4 Å². The summed E-state index contributed by atoms with van der Waals surface area (Å²) in [5, 5.41) is 12.4. The van der Waals surface area contributed by atoms with Crippen LogP contribution < -0.4 is 5.32 Å². The van der Waals surface area contributed by atoms with Crippen molar-refractivity contribution in [3.05, 3.63) is 40.9 Å². The number of aryl methyl sites for hydroxylation is 2. The molecule has 1 N–H and O–H groups in total. The lowest BCUT2D eigenvalue weighted by atomic mass is 10.2. The van der Waals surface area contributed by atoms with Crippen molar-refractivity contribution in [1.82, 2.24) is 19.7 Å². The van der Waals surface area contributed by atoms with Crippen LogP contribution in [0.3, 0.4) is 0 Å². The van der Waals surface area contributed by atoms with Crippen molar-refractivity contribution in [2.45, 2.75) is 31.2 Å². The Kier molecular flexibility index (Phi) is 5.19. The van der Waals surface area contributed by atoms with Crippen molar-refractivity contribution in [3.63, 3.8) is 0 Å². The summed E-state index contributed by atoms with van der Waals surface area (Å²) < 4.78 is 1.90. The number of rotatable bonds is 5. The Hall–Kier alpha value is -2.19. The maximum atomic E-state index is 12.4. The Morgan fingerprint density at radius 2 is 1.96 bits per heavy atom.